The van der Waals surface area contributed by atoms with E-state index in [1.165, 1.54) is 6.92 Å². The lowest BCUT2D eigenvalue weighted by atomic mass is 9.94. The van der Waals surface area contributed by atoms with Crippen molar-refractivity contribution in [3.63, 3.8) is 0 Å². The Morgan fingerprint density at radius 3 is 1.90 bits per heavy atom. The molecule has 0 aromatic rings. The van der Waals surface area contributed by atoms with Gasteiger partial charge in [-0.3, -0.25) is 24.8 Å². The van der Waals surface area contributed by atoms with Crippen molar-refractivity contribution in [1.29, 1.82) is 5.41 Å². The second-order valence-electron chi connectivity index (χ2n) is 9.55. The summed E-state index contributed by atoms with van der Waals surface area (Å²) < 4.78 is 15.4. The summed E-state index contributed by atoms with van der Waals surface area (Å²) in [5.74, 6) is -2.50. The molecule has 11 nitrogen and oxygen atoms in total. The molecule has 1 aliphatic rings. The first-order chi connectivity index (χ1) is 18.4. The first-order valence-electron chi connectivity index (χ1n) is 13.0. The number of hydrogen-bond acceptors (Lipinski definition) is 9. The van der Waals surface area contributed by atoms with Crippen LogP contribution >= 0.6 is 0 Å². The summed E-state index contributed by atoms with van der Waals surface area (Å²) in [6, 6.07) is -0.717. The van der Waals surface area contributed by atoms with Crippen LogP contribution in [0.3, 0.4) is 0 Å². The fourth-order valence-corrected chi connectivity index (χ4v) is 3.62. The number of nitrogens with one attached hydrogen (secondary N) is 1. The Morgan fingerprint density at radius 1 is 0.795 bits per heavy atom. The average Bonchev–Trinajstić information content (AvgIpc) is 2.88. The second-order valence-corrected chi connectivity index (χ2v) is 9.55. The monoisotopic (exact) mass is 547 g/mol. The Hall–Kier alpha value is -3.76. The number of esters is 2. The van der Waals surface area contributed by atoms with Crippen LogP contribution in [0.25, 0.3) is 0 Å². The maximum absolute atomic E-state index is 13.4. The molecule has 1 aliphatic heterocycles. The molecule has 11 heteroatoms. The molecule has 1 fully saturated rings. The van der Waals surface area contributed by atoms with Crippen molar-refractivity contribution < 1.29 is 38.2 Å². The third-order valence-corrected chi connectivity index (χ3v) is 5.88. The highest BCUT2D eigenvalue weighted by Gasteiger charge is 2.36. The van der Waals surface area contributed by atoms with Gasteiger partial charge in [-0.15, -0.1) is 0 Å². The van der Waals surface area contributed by atoms with Gasteiger partial charge in [0.05, 0.1) is 19.8 Å². The van der Waals surface area contributed by atoms with Crippen LogP contribution in [0.5, 0.6) is 0 Å². The maximum atomic E-state index is 13.4. The number of unbranched alkanes of at least 4 members (excludes halogenated alkanes) is 1. The van der Waals surface area contributed by atoms with Crippen LogP contribution in [0.15, 0.2) is 36.5 Å². The van der Waals surface area contributed by atoms with Gasteiger partial charge in [0, 0.05) is 42.1 Å². The van der Waals surface area contributed by atoms with Gasteiger partial charge in [-0.25, -0.2) is 14.4 Å². The minimum atomic E-state index is -0.717. The third-order valence-electron chi connectivity index (χ3n) is 5.88. The summed E-state index contributed by atoms with van der Waals surface area (Å²) in [6.07, 6.45) is 2.07. The molecule has 1 atom stereocenters. The fraction of sp³-hybridized carbons (Fsp3) is 0.571. The molecule has 1 heterocycles. The van der Waals surface area contributed by atoms with Gasteiger partial charge in [-0.1, -0.05) is 19.7 Å². The van der Waals surface area contributed by atoms with Crippen molar-refractivity contribution in [2.24, 2.45) is 5.92 Å². The highest BCUT2D eigenvalue weighted by atomic mass is 16.5. The van der Waals surface area contributed by atoms with Crippen LogP contribution in [0.1, 0.15) is 65.7 Å². The minimum Gasteiger partial charge on any atom is -0.478 e. The van der Waals surface area contributed by atoms with E-state index in [9.17, 15) is 24.0 Å². The zero-order chi connectivity index (χ0) is 29.5. The lowest BCUT2D eigenvalue weighted by molar-refractivity contribution is -0.140. The molecule has 0 bridgehead atoms. The number of carbonyl (C=O) groups excluding carboxylic acids is 5. The van der Waals surface area contributed by atoms with Gasteiger partial charge in [0.15, 0.2) is 0 Å². The molecule has 1 unspecified atom stereocenters. The van der Waals surface area contributed by atoms with Crippen molar-refractivity contribution in [2.45, 2.75) is 65.7 Å². The number of rotatable bonds is 16. The normalized spacial score (nSPS) is 15.8. The van der Waals surface area contributed by atoms with E-state index < -0.39 is 35.7 Å². The van der Waals surface area contributed by atoms with Gasteiger partial charge in [0.25, 0.3) is 0 Å². The van der Waals surface area contributed by atoms with E-state index in [2.05, 4.69) is 19.7 Å². The van der Waals surface area contributed by atoms with E-state index in [4.69, 9.17) is 19.6 Å². The van der Waals surface area contributed by atoms with E-state index in [0.717, 1.165) is 9.80 Å². The van der Waals surface area contributed by atoms with Crippen molar-refractivity contribution in [3.05, 3.63) is 36.5 Å². The highest BCUT2D eigenvalue weighted by Crippen LogP contribution is 2.23. The second kappa shape index (κ2) is 17.0. The largest absolute Gasteiger partial charge is 0.478 e. The molecule has 1 saturated heterocycles. The SMILES string of the molecule is C=C(C)C(=N)OCCCCN1C(=O)C(CCCOC(=O)C(=C)C)CCC(=O)N(CCCOC(=O)C(=C)C)C1=O. The number of urea groups is 1. The molecule has 39 heavy (non-hydrogen) atoms. The zero-order valence-corrected chi connectivity index (χ0v) is 23.3. The molecule has 0 aromatic heterocycles. The number of hydrogen-bond donors (Lipinski definition) is 1. The molecule has 216 valence electrons. The molecule has 0 saturated carbocycles. The van der Waals surface area contributed by atoms with Crippen LogP contribution in [0, 0.1) is 11.3 Å². The Kier molecular flexibility index (Phi) is 14.5. The minimum absolute atomic E-state index is 0.00392. The number of carbonyl (C=O) groups is 5. The van der Waals surface area contributed by atoms with Gasteiger partial charge in [-0.2, -0.15) is 0 Å². The zero-order valence-electron chi connectivity index (χ0n) is 23.3. The van der Waals surface area contributed by atoms with Gasteiger partial charge >= 0.3 is 18.0 Å². The summed E-state index contributed by atoms with van der Waals surface area (Å²) in [5, 5.41) is 7.67. The average molecular weight is 548 g/mol. The van der Waals surface area contributed by atoms with Crippen molar-refractivity contribution in [1.82, 2.24) is 9.80 Å². The quantitative estimate of drug-likeness (QED) is 0.101. The Bertz CT molecular complexity index is 987. The standard InChI is InChI=1S/C28H41N3O8/c1-19(2)24(29)37-16-8-7-14-31-25(33)22(11-9-17-38-26(34)20(3)4)12-13-23(32)30(28(31)36)15-10-18-39-27(35)21(5)6/h22,29H,1,3,5,7-18H2,2,4,6H3. The molecule has 0 aliphatic carbocycles. The molecule has 1 N–H and O–H groups in total. The first-order valence-corrected chi connectivity index (χ1v) is 13.0. The van der Waals surface area contributed by atoms with Crippen molar-refractivity contribution >= 4 is 35.7 Å². The lowest BCUT2D eigenvalue weighted by Gasteiger charge is -2.33. The summed E-state index contributed by atoms with van der Waals surface area (Å²) >= 11 is 0. The lowest BCUT2D eigenvalue weighted by Crippen LogP contribution is -2.53. The van der Waals surface area contributed by atoms with Crippen LogP contribution < -0.4 is 0 Å². The van der Waals surface area contributed by atoms with E-state index >= 15 is 0 Å². The van der Waals surface area contributed by atoms with Crippen molar-refractivity contribution in [2.75, 3.05) is 32.9 Å². The van der Waals surface area contributed by atoms with Gasteiger partial charge in [0.2, 0.25) is 17.7 Å². The summed E-state index contributed by atoms with van der Waals surface area (Å²) in [5.41, 5.74) is 1.01. The number of ether oxygens (including phenoxy) is 3. The molecule has 4 amide bonds. The molecule has 0 aromatic carbocycles. The summed E-state index contributed by atoms with van der Waals surface area (Å²) in [6.45, 7) is 15.8. The number of nitrogens with zero attached hydrogens (tertiary/aromatic N) is 2. The predicted molar refractivity (Wildman–Crippen MR) is 145 cm³/mol. The third kappa shape index (κ3) is 11.7. The van der Waals surface area contributed by atoms with Crippen LogP contribution in [-0.4, -0.2) is 78.4 Å². The van der Waals surface area contributed by atoms with Gasteiger partial charge in [-0.05, 0) is 59.3 Å². The molecule has 0 radical (unpaired) electrons. The van der Waals surface area contributed by atoms with Crippen LogP contribution in [0.4, 0.5) is 4.79 Å². The highest BCUT2D eigenvalue weighted by molar-refractivity contribution is 6.04. The van der Waals surface area contributed by atoms with E-state index in [0.29, 0.717) is 31.3 Å². The maximum Gasteiger partial charge on any atom is 0.333 e. The molecular weight excluding hydrogens is 506 g/mol. The Balaban J connectivity index is 2.88. The van der Waals surface area contributed by atoms with Crippen LogP contribution in [-0.2, 0) is 33.4 Å². The molecule has 0 spiro atoms. The summed E-state index contributed by atoms with van der Waals surface area (Å²) in [7, 11) is 0. The van der Waals surface area contributed by atoms with Gasteiger partial charge in [0.1, 0.15) is 0 Å². The fourth-order valence-electron chi connectivity index (χ4n) is 3.62. The number of amides is 4. The van der Waals surface area contributed by atoms with E-state index in [1.807, 2.05) is 0 Å². The van der Waals surface area contributed by atoms with Crippen molar-refractivity contribution in [3.8, 4) is 0 Å². The van der Waals surface area contributed by atoms with E-state index in [1.54, 1.807) is 13.8 Å². The van der Waals surface area contributed by atoms with Gasteiger partial charge < -0.3 is 14.2 Å². The topological polar surface area (TPSA) is 143 Å². The first kappa shape index (κ1) is 33.3. The Labute approximate surface area is 230 Å². The molecule has 1 rings (SSSR count). The smallest absolute Gasteiger partial charge is 0.333 e. The van der Waals surface area contributed by atoms with Crippen LogP contribution in [0.2, 0.25) is 0 Å². The molecular formula is C28H41N3O8. The number of imide groups is 2. The van der Waals surface area contributed by atoms with E-state index in [-0.39, 0.29) is 69.2 Å². The Morgan fingerprint density at radius 2 is 1.33 bits per heavy atom. The summed E-state index contributed by atoms with van der Waals surface area (Å²) in [4.78, 5) is 65.1. The predicted octanol–water partition coefficient (Wildman–Crippen LogP) is 3.93.